The first-order chi connectivity index (χ1) is 9.40. The van der Waals surface area contributed by atoms with Gasteiger partial charge in [0.2, 0.25) is 0 Å². The summed E-state index contributed by atoms with van der Waals surface area (Å²) in [6.07, 6.45) is 7.82. The van der Waals surface area contributed by atoms with Crippen molar-refractivity contribution < 1.29 is 0 Å². The average Bonchev–Trinajstić information content (AvgIpc) is 2.89. The molecule has 0 saturated carbocycles. The summed E-state index contributed by atoms with van der Waals surface area (Å²) in [6.45, 7) is 3.29. The van der Waals surface area contributed by atoms with Gasteiger partial charge in [0.05, 0.1) is 0 Å². The lowest BCUT2D eigenvalue weighted by Gasteiger charge is -2.29. The van der Waals surface area contributed by atoms with Gasteiger partial charge in [-0.1, -0.05) is 36.8 Å². The summed E-state index contributed by atoms with van der Waals surface area (Å²) in [6, 6.07) is 9.51. The van der Waals surface area contributed by atoms with E-state index in [1.807, 2.05) is 11.8 Å². The first-order valence-electron chi connectivity index (χ1n) is 7.54. The van der Waals surface area contributed by atoms with E-state index in [0.29, 0.717) is 12.0 Å². The van der Waals surface area contributed by atoms with E-state index < -0.39 is 0 Å². The minimum absolute atomic E-state index is 0.557. The Kier molecular flexibility index (Phi) is 4.29. The van der Waals surface area contributed by atoms with Crippen LogP contribution in [0.1, 0.15) is 44.1 Å². The van der Waals surface area contributed by atoms with E-state index >= 15 is 0 Å². The minimum Gasteiger partial charge on any atom is -0.310 e. The number of benzene rings is 1. The van der Waals surface area contributed by atoms with Gasteiger partial charge < -0.3 is 5.32 Å². The van der Waals surface area contributed by atoms with Crippen molar-refractivity contribution in [1.82, 2.24) is 5.32 Å². The highest BCUT2D eigenvalue weighted by molar-refractivity contribution is 7.99. The van der Waals surface area contributed by atoms with Gasteiger partial charge in [0.25, 0.3) is 0 Å². The third-order valence-electron chi connectivity index (χ3n) is 4.29. The maximum Gasteiger partial charge on any atom is 0.0356 e. The molecule has 1 aliphatic carbocycles. The van der Waals surface area contributed by atoms with Crippen LogP contribution in [0.2, 0.25) is 0 Å². The van der Waals surface area contributed by atoms with E-state index in [1.54, 1.807) is 11.1 Å². The van der Waals surface area contributed by atoms with Crippen LogP contribution in [0.3, 0.4) is 0 Å². The van der Waals surface area contributed by atoms with Crippen molar-refractivity contribution in [3.05, 3.63) is 41.5 Å². The maximum absolute atomic E-state index is 3.75. The fourth-order valence-corrected chi connectivity index (χ4v) is 4.65. The summed E-state index contributed by atoms with van der Waals surface area (Å²) in [5.74, 6) is 1.89. The second-order valence-corrected chi connectivity index (χ2v) is 6.58. The van der Waals surface area contributed by atoms with Crippen LogP contribution in [0.5, 0.6) is 0 Å². The van der Waals surface area contributed by atoms with Crippen molar-refractivity contribution in [2.24, 2.45) is 0 Å². The molecule has 0 radical (unpaired) electrons. The first-order valence-corrected chi connectivity index (χ1v) is 8.52. The molecule has 0 amide bonds. The van der Waals surface area contributed by atoms with Crippen LogP contribution in [0.25, 0.3) is 0 Å². The Morgan fingerprint density at radius 1 is 1.32 bits per heavy atom. The largest absolute Gasteiger partial charge is 0.310 e. The van der Waals surface area contributed by atoms with Gasteiger partial charge >= 0.3 is 0 Å². The molecule has 1 nitrogen and oxygen atoms in total. The van der Waals surface area contributed by atoms with Gasteiger partial charge in [0.15, 0.2) is 0 Å². The van der Waals surface area contributed by atoms with Crippen molar-refractivity contribution in [3.8, 4) is 0 Å². The number of nitrogens with one attached hydrogen (secondary N) is 1. The maximum atomic E-state index is 3.75. The van der Waals surface area contributed by atoms with Gasteiger partial charge in [-0.15, -0.1) is 11.8 Å². The molecule has 1 aromatic carbocycles. The average molecular weight is 273 g/mol. The summed E-state index contributed by atoms with van der Waals surface area (Å²) in [5, 5.41) is 3.75. The van der Waals surface area contributed by atoms with Crippen molar-refractivity contribution >= 4 is 11.8 Å². The van der Waals surface area contributed by atoms with Crippen LogP contribution in [0.4, 0.5) is 0 Å². The van der Waals surface area contributed by atoms with Crippen molar-refractivity contribution in [2.45, 2.75) is 49.5 Å². The fourth-order valence-electron chi connectivity index (χ4n) is 3.36. The van der Waals surface area contributed by atoms with Crippen molar-refractivity contribution in [1.29, 1.82) is 0 Å². The number of allylic oxidation sites excluding steroid dienone is 1. The smallest absolute Gasteiger partial charge is 0.0356 e. The molecule has 0 fully saturated rings. The van der Waals surface area contributed by atoms with Crippen LogP contribution in [0.15, 0.2) is 40.8 Å². The molecule has 0 bridgehead atoms. The molecular weight excluding hydrogens is 250 g/mol. The number of fused-ring (bicyclic) bond motifs is 1. The number of hydrogen-bond acceptors (Lipinski definition) is 2. The Bertz CT molecular complexity index is 466. The summed E-state index contributed by atoms with van der Waals surface area (Å²) in [5.41, 5.74) is 3.22. The molecule has 3 rings (SSSR count). The summed E-state index contributed by atoms with van der Waals surface area (Å²) in [7, 11) is 0. The fraction of sp³-hybridized carbons (Fsp3) is 0.529. The lowest BCUT2D eigenvalue weighted by molar-refractivity contribution is 0.490. The van der Waals surface area contributed by atoms with Gasteiger partial charge in [-0.25, -0.2) is 0 Å². The van der Waals surface area contributed by atoms with Crippen LogP contribution in [-0.4, -0.2) is 18.3 Å². The third kappa shape index (κ3) is 2.75. The second kappa shape index (κ2) is 6.15. The molecule has 0 saturated heterocycles. The van der Waals surface area contributed by atoms with E-state index in [9.17, 15) is 0 Å². The van der Waals surface area contributed by atoms with Gasteiger partial charge in [-0.2, -0.15) is 0 Å². The molecule has 1 aliphatic heterocycles. The zero-order chi connectivity index (χ0) is 13.1. The number of likely N-dealkylation sites (N-methyl/N-ethyl adjacent to an activating group) is 1. The van der Waals surface area contributed by atoms with Crippen LogP contribution < -0.4 is 5.32 Å². The molecule has 2 aliphatic rings. The Balaban J connectivity index is 1.87. The molecule has 2 heteroatoms. The van der Waals surface area contributed by atoms with Gasteiger partial charge in [-0.05, 0) is 43.9 Å². The van der Waals surface area contributed by atoms with Gasteiger partial charge in [0.1, 0.15) is 0 Å². The quantitative estimate of drug-likeness (QED) is 0.818. The molecule has 19 heavy (non-hydrogen) atoms. The Morgan fingerprint density at radius 3 is 3.00 bits per heavy atom. The highest BCUT2D eigenvalue weighted by Crippen LogP contribution is 2.43. The second-order valence-electron chi connectivity index (χ2n) is 5.52. The van der Waals surface area contributed by atoms with E-state index in [2.05, 4.69) is 42.6 Å². The monoisotopic (exact) mass is 273 g/mol. The lowest BCUT2D eigenvalue weighted by Crippen LogP contribution is -2.37. The van der Waals surface area contributed by atoms with Crippen molar-refractivity contribution in [3.63, 3.8) is 0 Å². The van der Waals surface area contributed by atoms with E-state index in [4.69, 9.17) is 0 Å². The highest BCUT2D eigenvalue weighted by atomic mass is 32.2. The Labute approximate surface area is 120 Å². The number of hydrogen-bond donors (Lipinski definition) is 1. The van der Waals surface area contributed by atoms with E-state index in [1.165, 1.54) is 36.3 Å². The SMILES string of the molecule is CCNC(C1=CCCCC1)C1CSc2ccccc21. The first kappa shape index (κ1) is 13.3. The van der Waals surface area contributed by atoms with Crippen LogP contribution in [-0.2, 0) is 0 Å². The summed E-state index contributed by atoms with van der Waals surface area (Å²) >= 11 is 2.03. The normalized spacial score (nSPS) is 23.8. The number of rotatable bonds is 4. The van der Waals surface area contributed by atoms with E-state index in [-0.39, 0.29) is 0 Å². The number of thioether (sulfide) groups is 1. The van der Waals surface area contributed by atoms with Crippen LogP contribution in [0, 0.1) is 0 Å². The topological polar surface area (TPSA) is 12.0 Å². The van der Waals surface area contributed by atoms with Gasteiger partial charge in [-0.3, -0.25) is 0 Å². The van der Waals surface area contributed by atoms with Gasteiger partial charge in [0, 0.05) is 22.6 Å². The standard InChI is InChI=1S/C17H23NS/c1-2-18-17(13-8-4-3-5-9-13)15-12-19-16-11-7-6-10-14(15)16/h6-8,10-11,15,17-18H,2-5,9,12H2,1H3. The zero-order valence-electron chi connectivity index (χ0n) is 11.7. The molecule has 1 aromatic rings. The van der Waals surface area contributed by atoms with Crippen molar-refractivity contribution in [2.75, 3.05) is 12.3 Å². The minimum atomic E-state index is 0.557. The molecule has 1 heterocycles. The van der Waals surface area contributed by atoms with E-state index in [0.717, 1.165) is 6.54 Å². The molecule has 2 unspecified atom stereocenters. The predicted molar refractivity (Wildman–Crippen MR) is 83.9 cm³/mol. The molecule has 2 atom stereocenters. The molecule has 0 spiro atoms. The zero-order valence-corrected chi connectivity index (χ0v) is 12.5. The Morgan fingerprint density at radius 2 is 2.21 bits per heavy atom. The van der Waals surface area contributed by atoms with Crippen LogP contribution >= 0.6 is 11.8 Å². The lowest BCUT2D eigenvalue weighted by atomic mass is 9.83. The molecular formula is C17H23NS. The molecule has 1 N–H and O–H groups in total. The molecule has 0 aromatic heterocycles. The molecule has 102 valence electrons. The summed E-state index contributed by atoms with van der Waals surface area (Å²) in [4.78, 5) is 1.49. The summed E-state index contributed by atoms with van der Waals surface area (Å²) < 4.78 is 0. The third-order valence-corrected chi connectivity index (χ3v) is 5.50. The predicted octanol–water partition coefficient (Wildman–Crippen LogP) is 4.35. The highest BCUT2D eigenvalue weighted by Gasteiger charge is 2.31. The Hall–Kier alpha value is -0.730.